The number of hydrogen-bond acceptors (Lipinski definition) is 8. The van der Waals surface area contributed by atoms with E-state index in [4.69, 9.17) is 4.74 Å². The molecule has 9 heteroatoms. The number of aliphatic hydroxyl groups is 6. The summed E-state index contributed by atoms with van der Waals surface area (Å²) in [4.78, 5) is 13.1. The molecular weight excluding hydrogens is 755 g/mol. The van der Waals surface area contributed by atoms with E-state index in [1.54, 1.807) is 0 Å². The lowest BCUT2D eigenvalue weighted by Crippen LogP contribution is -2.59. The maximum atomic E-state index is 13.1. The van der Waals surface area contributed by atoms with Crippen LogP contribution in [0.5, 0.6) is 0 Å². The fourth-order valence-electron chi connectivity index (χ4n) is 9.07. The molecule has 0 bridgehead atoms. The van der Waals surface area contributed by atoms with Gasteiger partial charge >= 0.3 is 0 Å². The second kappa shape index (κ2) is 40.9. The Hall–Kier alpha value is -0.810. The van der Waals surface area contributed by atoms with Crippen molar-refractivity contribution in [1.82, 2.24) is 5.32 Å². The summed E-state index contributed by atoms with van der Waals surface area (Å²) in [6, 6.07) is -0.762. The molecule has 1 amide bonds. The number of carbonyl (C=O) groups is 1. The third kappa shape index (κ3) is 30.3. The quantitative estimate of drug-likeness (QED) is 0.0298. The van der Waals surface area contributed by atoms with Crippen LogP contribution in [0.2, 0.25) is 0 Å². The molecule has 9 nitrogen and oxygen atoms in total. The van der Waals surface area contributed by atoms with Crippen molar-refractivity contribution in [2.24, 2.45) is 0 Å². The molecule has 0 unspecified atom stereocenters. The summed E-state index contributed by atoms with van der Waals surface area (Å²) in [5.74, 6) is -0.172. The highest BCUT2D eigenvalue weighted by molar-refractivity contribution is 5.76. The third-order valence-electron chi connectivity index (χ3n) is 13.3. The van der Waals surface area contributed by atoms with Crippen molar-refractivity contribution < 1.29 is 40.2 Å². The summed E-state index contributed by atoms with van der Waals surface area (Å²) < 4.78 is 5.69. The van der Waals surface area contributed by atoms with Crippen LogP contribution >= 0.6 is 0 Å². The molecule has 7 N–H and O–H groups in total. The lowest BCUT2D eigenvalue weighted by Gasteiger charge is -2.40. The van der Waals surface area contributed by atoms with Crippen LogP contribution in [-0.2, 0) is 9.53 Å². The molecule has 0 spiro atoms. The van der Waals surface area contributed by atoms with Crippen molar-refractivity contribution in [2.45, 2.75) is 313 Å². The second-order valence-electron chi connectivity index (χ2n) is 18.9. The van der Waals surface area contributed by atoms with Gasteiger partial charge < -0.3 is 40.7 Å². The van der Waals surface area contributed by atoms with Gasteiger partial charge in [-0.25, -0.2) is 0 Å². The minimum atomic E-state index is -1.48. The van der Waals surface area contributed by atoms with Gasteiger partial charge in [0, 0.05) is 6.42 Å². The van der Waals surface area contributed by atoms with Gasteiger partial charge in [0.2, 0.25) is 5.91 Å². The number of hydrogen-bond donors (Lipinski definition) is 7. The summed E-state index contributed by atoms with van der Waals surface area (Å²) in [7, 11) is 0. The molecule has 0 radical (unpaired) electrons. The Balaban J connectivity index is 2.26. The van der Waals surface area contributed by atoms with Crippen molar-refractivity contribution in [3.63, 3.8) is 0 Å². The molecule has 8 atom stereocenters. The van der Waals surface area contributed by atoms with Crippen LogP contribution in [0.4, 0.5) is 0 Å². The highest BCUT2D eigenvalue weighted by Gasteiger charge is 2.43. The fourth-order valence-corrected chi connectivity index (χ4v) is 9.07. The Kier molecular flexibility index (Phi) is 39.0. The number of ether oxygens (including phenoxy) is 1. The SMILES string of the molecule is CCCCCCCCCCCCCCCCCCCCCCCCCC(=O)N[C@H](CC[C@H]1O[C@H](CO)[C@H](O)[C@H](O)[C@H]1O)[C@H](O)[C@H](O)CCCCCCCCCCCCCC. The zero-order valence-electron chi connectivity index (χ0n) is 39.4. The first-order valence-corrected chi connectivity index (χ1v) is 26.2. The number of rotatable bonds is 44. The highest BCUT2D eigenvalue weighted by Crippen LogP contribution is 2.26. The molecule has 1 aliphatic rings. The Labute approximate surface area is 370 Å². The van der Waals surface area contributed by atoms with Crippen molar-refractivity contribution >= 4 is 5.91 Å². The molecule has 60 heavy (non-hydrogen) atoms. The van der Waals surface area contributed by atoms with Gasteiger partial charge in [0.25, 0.3) is 0 Å². The average Bonchev–Trinajstić information content (AvgIpc) is 3.25. The van der Waals surface area contributed by atoms with Gasteiger partial charge in [-0.2, -0.15) is 0 Å². The Bertz CT molecular complexity index is 924. The van der Waals surface area contributed by atoms with Gasteiger partial charge in [-0.05, 0) is 25.7 Å². The second-order valence-corrected chi connectivity index (χ2v) is 18.9. The normalized spacial score (nSPS) is 21.0. The molecule has 358 valence electrons. The number of carbonyl (C=O) groups excluding carboxylic acids is 1. The van der Waals surface area contributed by atoms with Gasteiger partial charge in [0.1, 0.15) is 24.4 Å². The van der Waals surface area contributed by atoms with E-state index in [1.807, 2.05) is 0 Å². The number of nitrogens with one attached hydrogen (secondary N) is 1. The Morgan fingerprint density at radius 2 is 0.800 bits per heavy atom. The summed E-state index contributed by atoms with van der Waals surface area (Å²) in [5.41, 5.74) is 0. The van der Waals surface area contributed by atoms with Crippen molar-refractivity contribution in [2.75, 3.05) is 6.61 Å². The standard InChI is InChI=1S/C51H101NO8/c1-3-5-7-9-11-13-15-17-18-19-20-21-22-23-24-25-26-27-29-31-33-35-37-39-47(55)52-43(40-41-45-49(57)51(59)50(58)46(42-53)60-45)48(56)44(54)38-36-34-32-30-28-16-14-12-10-8-6-4-2/h43-46,48-51,53-54,56-59H,3-42H2,1-2H3,(H,52,55)/t43-,44-,45-,46-,48+,49+,50+,51-/m1/s1. The molecule has 1 rings (SSSR count). The summed E-state index contributed by atoms with van der Waals surface area (Å²) >= 11 is 0. The van der Waals surface area contributed by atoms with Crippen LogP contribution < -0.4 is 5.32 Å². The number of aliphatic hydroxyl groups excluding tert-OH is 6. The zero-order valence-corrected chi connectivity index (χ0v) is 39.4. The summed E-state index contributed by atoms with van der Waals surface area (Å²) in [5, 5.41) is 65.8. The lowest BCUT2D eigenvalue weighted by molar-refractivity contribution is -0.231. The van der Waals surface area contributed by atoms with E-state index in [1.165, 1.54) is 186 Å². The molecule has 1 fully saturated rings. The third-order valence-corrected chi connectivity index (χ3v) is 13.3. The number of amides is 1. The summed E-state index contributed by atoms with van der Waals surface area (Å²) in [6.07, 6.45) is 37.6. The van der Waals surface area contributed by atoms with Crippen molar-refractivity contribution in [1.29, 1.82) is 0 Å². The van der Waals surface area contributed by atoms with E-state index in [0.717, 1.165) is 38.5 Å². The molecule has 1 saturated heterocycles. The van der Waals surface area contributed by atoms with Gasteiger partial charge in [-0.1, -0.05) is 232 Å². The molecule has 0 aliphatic carbocycles. The highest BCUT2D eigenvalue weighted by atomic mass is 16.5. The average molecular weight is 856 g/mol. The Morgan fingerprint density at radius 1 is 0.467 bits per heavy atom. The van der Waals surface area contributed by atoms with E-state index >= 15 is 0 Å². The minimum Gasteiger partial charge on any atom is -0.394 e. The smallest absolute Gasteiger partial charge is 0.220 e. The van der Waals surface area contributed by atoms with Gasteiger partial charge in [-0.3, -0.25) is 4.79 Å². The molecule has 1 heterocycles. The minimum absolute atomic E-state index is 0.161. The molecule has 1 aliphatic heterocycles. The van der Waals surface area contributed by atoms with E-state index in [-0.39, 0.29) is 18.7 Å². The van der Waals surface area contributed by atoms with Crippen LogP contribution in [0.3, 0.4) is 0 Å². The lowest BCUT2D eigenvalue weighted by atomic mass is 9.90. The van der Waals surface area contributed by atoms with E-state index in [2.05, 4.69) is 19.2 Å². The monoisotopic (exact) mass is 856 g/mol. The van der Waals surface area contributed by atoms with Gasteiger partial charge in [0.05, 0.1) is 31.0 Å². The molecule has 0 aromatic heterocycles. The van der Waals surface area contributed by atoms with Gasteiger partial charge in [0.15, 0.2) is 0 Å². The zero-order chi connectivity index (χ0) is 43.9. The maximum Gasteiger partial charge on any atom is 0.220 e. The Morgan fingerprint density at radius 3 is 1.17 bits per heavy atom. The first-order chi connectivity index (χ1) is 29.3. The van der Waals surface area contributed by atoms with Crippen LogP contribution in [-0.4, -0.2) is 91.9 Å². The van der Waals surface area contributed by atoms with E-state index in [9.17, 15) is 35.4 Å². The van der Waals surface area contributed by atoms with E-state index < -0.39 is 55.4 Å². The van der Waals surface area contributed by atoms with Crippen LogP contribution in [0.25, 0.3) is 0 Å². The topological polar surface area (TPSA) is 160 Å². The van der Waals surface area contributed by atoms with Crippen molar-refractivity contribution in [3.05, 3.63) is 0 Å². The van der Waals surface area contributed by atoms with E-state index in [0.29, 0.717) is 12.8 Å². The van der Waals surface area contributed by atoms with Crippen LogP contribution in [0.15, 0.2) is 0 Å². The molecule has 0 aromatic rings. The first-order valence-electron chi connectivity index (χ1n) is 26.2. The predicted octanol–water partition coefficient (Wildman–Crippen LogP) is 11.3. The van der Waals surface area contributed by atoms with Crippen LogP contribution in [0, 0.1) is 0 Å². The number of unbranched alkanes of at least 4 members (excludes halogenated alkanes) is 33. The maximum absolute atomic E-state index is 13.1. The van der Waals surface area contributed by atoms with Crippen LogP contribution in [0.1, 0.15) is 264 Å². The molecular formula is C51H101NO8. The first kappa shape index (κ1) is 57.2. The van der Waals surface area contributed by atoms with Crippen molar-refractivity contribution in [3.8, 4) is 0 Å². The summed E-state index contributed by atoms with van der Waals surface area (Å²) in [6.45, 7) is 4.02. The largest absolute Gasteiger partial charge is 0.394 e. The molecule has 0 saturated carbocycles. The predicted molar refractivity (Wildman–Crippen MR) is 249 cm³/mol. The molecule has 0 aromatic carbocycles. The fraction of sp³-hybridized carbons (Fsp3) is 0.980. The van der Waals surface area contributed by atoms with Gasteiger partial charge in [-0.15, -0.1) is 0 Å².